The molecule has 0 atom stereocenters. The Labute approximate surface area is 149 Å². The van der Waals surface area contributed by atoms with Crippen LogP contribution in [0.2, 0.25) is 5.02 Å². The SMILES string of the molecule is CCc1cc(=O)c2cc(NC(=O)Cn3nc(C)c(Cl)c3C)ccc2[nH]1. The number of carbonyl (C=O) groups excluding carboxylic acids is 1. The fourth-order valence-electron chi connectivity index (χ4n) is 2.74. The smallest absolute Gasteiger partial charge is 0.246 e. The summed E-state index contributed by atoms with van der Waals surface area (Å²) < 4.78 is 1.56. The molecular weight excluding hydrogens is 340 g/mol. The predicted molar refractivity (Wildman–Crippen MR) is 99.3 cm³/mol. The Hall–Kier alpha value is -2.60. The molecule has 6 nitrogen and oxygen atoms in total. The van der Waals surface area contributed by atoms with Gasteiger partial charge in [-0.05, 0) is 38.5 Å². The van der Waals surface area contributed by atoms with Crippen molar-refractivity contribution in [3.05, 3.63) is 56.6 Å². The lowest BCUT2D eigenvalue weighted by atomic mass is 10.1. The van der Waals surface area contributed by atoms with Crippen LogP contribution in [0.3, 0.4) is 0 Å². The van der Waals surface area contributed by atoms with Crippen LogP contribution >= 0.6 is 11.6 Å². The number of fused-ring (bicyclic) bond motifs is 1. The minimum atomic E-state index is -0.233. The van der Waals surface area contributed by atoms with E-state index in [1.165, 1.54) is 0 Å². The van der Waals surface area contributed by atoms with Crippen molar-refractivity contribution in [1.29, 1.82) is 0 Å². The molecular formula is C18H19ClN4O2. The van der Waals surface area contributed by atoms with Gasteiger partial charge in [-0.3, -0.25) is 14.3 Å². The highest BCUT2D eigenvalue weighted by molar-refractivity contribution is 6.31. The van der Waals surface area contributed by atoms with Crippen LogP contribution in [0.4, 0.5) is 5.69 Å². The molecule has 0 fully saturated rings. The summed E-state index contributed by atoms with van der Waals surface area (Å²) in [5, 5.41) is 8.15. The standard InChI is InChI=1S/C18H19ClN4O2/c1-4-12-8-16(24)14-7-13(5-6-15(14)20-12)21-17(25)9-23-11(3)18(19)10(2)22-23/h5-8H,4,9H2,1-3H3,(H,20,24)(H,21,25). The number of aryl methyl sites for hydroxylation is 2. The molecule has 2 heterocycles. The molecule has 0 spiro atoms. The number of amides is 1. The summed E-state index contributed by atoms with van der Waals surface area (Å²) in [6.45, 7) is 5.65. The van der Waals surface area contributed by atoms with E-state index in [1.54, 1.807) is 35.9 Å². The molecule has 0 radical (unpaired) electrons. The molecule has 3 aromatic rings. The third kappa shape index (κ3) is 3.44. The zero-order chi connectivity index (χ0) is 18.1. The Kier molecular flexibility index (Phi) is 4.63. The van der Waals surface area contributed by atoms with Crippen LogP contribution in [0.5, 0.6) is 0 Å². The minimum Gasteiger partial charge on any atom is -0.358 e. The summed E-state index contributed by atoms with van der Waals surface area (Å²) in [5.41, 5.74) is 3.59. The average Bonchev–Trinajstić information content (AvgIpc) is 2.82. The topological polar surface area (TPSA) is 79.8 Å². The van der Waals surface area contributed by atoms with E-state index < -0.39 is 0 Å². The number of hydrogen-bond donors (Lipinski definition) is 2. The molecule has 0 saturated carbocycles. The molecule has 130 valence electrons. The van der Waals surface area contributed by atoms with Gasteiger partial charge in [0.05, 0.1) is 16.4 Å². The first-order valence-corrected chi connectivity index (χ1v) is 8.42. The highest BCUT2D eigenvalue weighted by Gasteiger charge is 2.12. The lowest BCUT2D eigenvalue weighted by Crippen LogP contribution is -2.20. The van der Waals surface area contributed by atoms with Crippen molar-refractivity contribution >= 4 is 34.1 Å². The number of nitrogens with one attached hydrogen (secondary N) is 2. The maximum absolute atomic E-state index is 12.3. The Morgan fingerprint density at radius 2 is 2.08 bits per heavy atom. The third-order valence-electron chi connectivity index (χ3n) is 4.14. The van der Waals surface area contributed by atoms with E-state index >= 15 is 0 Å². The van der Waals surface area contributed by atoms with Crippen molar-refractivity contribution in [3.8, 4) is 0 Å². The lowest BCUT2D eigenvalue weighted by molar-refractivity contribution is -0.116. The number of pyridine rings is 1. The number of H-pyrrole nitrogens is 1. The first kappa shape index (κ1) is 17.2. The van der Waals surface area contributed by atoms with Gasteiger partial charge in [0, 0.05) is 28.4 Å². The van der Waals surface area contributed by atoms with Crippen LogP contribution in [0.1, 0.15) is 24.0 Å². The van der Waals surface area contributed by atoms with Crippen molar-refractivity contribution in [2.75, 3.05) is 5.32 Å². The molecule has 0 aliphatic rings. The number of anilines is 1. The summed E-state index contributed by atoms with van der Waals surface area (Å²) in [6.07, 6.45) is 0.759. The van der Waals surface area contributed by atoms with Crippen molar-refractivity contribution in [2.45, 2.75) is 33.7 Å². The summed E-state index contributed by atoms with van der Waals surface area (Å²) in [6, 6.07) is 6.83. The largest absolute Gasteiger partial charge is 0.358 e. The quantitative estimate of drug-likeness (QED) is 0.751. The summed E-state index contributed by atoms with van der Waals surface area (Å²) in [7, 11) is 0. The van der Waals surface area contributed by atoms with E-state index in [9.17, 15) is 9.59 Å². The zero-order valence-corrected chi connectivity index (χ0v) is 15.1. The second kappa shape index (κ2) is 6.72. The van der Waals surface area contributed by atoms with Crippen LogP contribution in [0, 0.1) is 13.8 Å². The monoisotopic (exact) mass is 358 g/mol. The number of aromatic amines is 1. The molecule has 25 heavy (non-hydrogen) atoms. The molecule has 2 N–H and O–H groups in total. The van der Waals surface area contributed by atoms with Crippen molar-refractivity contribution < 1.29 is 4.79 Å². The van der Waals surface area contributed by atoms with Gasteiger partial charge in [0.15, 0.2) is 5.43 Å². The van der Waals surface area contributed by atoms with Gasteiger partial charge in [-0.15, -0.1) is 0 Å². The normalized spacial score (nSPS) is 11.0. The average molecular weight is 359 g/mol. The number of benzene rings is 1. The molecule has 0 unspecified atom stereocenters. The molecule has 3 rings (SSSR count). The van der Waals surface area contributed by atoms with E-state index in [0.29, 0.717) is 21.8 Å². The van der Waals surface area contributed by atoms with Crippen LogP contribution in [-0.4, -0.2) is 20.7 Å². The highest BCUT2D eigenvalue weighted by Crippen LogP contribution is 2.19. The van der Waals surface area contributed by atoms with Crippen molar-refractivity contribution in [3.63, 3.8) is 0 Å². The number of halogens is 1. The zero-order valence-electron chi connectivity index (χ0n) is 14.3. The minimum absolute atomic E-state index is 0.0581. The van der Waals surface area contributed by atoms with Gasteiger partial charge < -0.3 is 10.3 Å². The van der Waals surface area contributed by atoms with Crippen molar-refractivity contribution in [1.82, 2.24) is 14.8 Å². The van der Waals surface area contributed by atoms with Gasteiger partial charge >= 0.3 is 0 Å². The van der Waals surface area contributed by atoms with Crippen LogP contribution in [-0.2, 0) is 17.8 Å². The van der Waals surface area contributed by atoms with Gasteiger partial charge in [-0.1, -0.05) is 18.5 Å². The molecule has 0 aliphatic carbocycles. The molecule has 1 aromatic carbocycles. The number of rotatable bonds is 4. The molecule has 0 saturated heterocycles. The first-order valence-electron chi connectivity index (χ1n) is 8.04. The second-order valence-corrected chi connectivity index (χ2v) is 6.34. The summed E-state index contributed by atoms with van der Waals surface area (Å²) in [4.78, 5) is 27.7. The fourth-order valence-corrected chi connectivity index (χ4v) is 2.87. The Bertz CT molecular complexity index is 1020. The van der Waals surface area contributed by atoms with E-state index in [1.807, 2.05) is 13.8 Å². The number of nitrogens with zero attached hydrogens (tertiary/aromatic N) is 2. The van der Waals surface area contributed by atoms with Gasteiger partial charge in [0.25, 0.3) is 0 Å². The lowest BCUT2D eigenvalue weighted by Gasteiger charge is -2.08. The Morgan fingerprint density at radius 1 is 1.32 bits per heavy atom. The molecule has 0 aliphatic heterocycles. The molecule has 1 amide bonds. The summed E-state index contributed by atoms with van der Waals surface area (Å²) in [5.74, 6) is -0.233. The fraction of sp³-hybridized carbons (Fsp3) is 0.278. The van der Waals surface area contributed by atoms with Crippen molar-refractivity contribution in [2.24, 2.45) is 0 Å². The van der Waals surface area contributed by atoms with E-state index in [4.69, 9.17) is 11.6 Å². The van der Waals surface area contributed by atoms with Gasteiger partial charge in [0.2, 0.25) is 5.91 Å². The summed E-state index contributed by atoms with van der Waals surface area (Å²) >= 11 is 6.10. The highest BCUT2D eigenvalue weighted by atomic mass is 35.5. The first-order chi connectivity index (χ1) is 11.9. The van der Waals surface area contributed by atoms with E-state index in [2.05, 4.69) is 15.4 Å². The maximum atomic E-state index is 12.3. The van der Waals surface area contributed by atoms with Gasteiger partial charge in [-0.25, -0.2) is 0 Å². The van der Waals surface area contributed by atoms with Gasteiger partial charge in [-0.2, -0.15) is 5.10 Å². The molecule has 0 bridgehead atoms. The third-order valence-corrected chi connectivity index (χ3v) is 4.68. The maximum Gasteiger partial charge on any atom is 0.246 e. The molecule has 2 aromatic heterocycles. The van der Waals surface area contributed by atoms with Crippen LogP contribution < -0.4 is 10.7 Å². The Morgan fingerprint density at radius 3 is 2.72 bits per heavy atom. The number of aromatic nitrogens is 3. The van der Waals surface area contributed by atoms with Gasteiger partial charge in [0.1, 0.15) is 6.54 Å². The predicted octanol–water partition coefficient (Wildman–Crippen LogP) is 3.20. The van der Waals surface area contributed by atoms with E-state index in [0.717, 1.165) is 23.3 Å². The Balaban J connectivity index is 1.82. The second-order valence-electron chi connectivity index (χ2n) is 5.96. The van der Waals surface area contributed by atoms with Crippen LogP contribution in [0.25, 0.3) is 10.9 Å². The number of hydrogen-bond acceptors (Lipinski definition) is 3. The molecule has 7 heteroatoms. The van der Waals surface area contributed by atoms with Crippen LogP contribution in [0.15, 0.2) is 29.1 Å². The van der Waals surface area contributed by atoms with E-state index in [-0.39, 0.29) is 17.9 Å². The number of carbonyl (C=O) groups is 1.